The zero-order valence-corrected chi connectivity index (χ0v) is 19.8. The van der Waals surface area contributed by atoms with E-state index in [-0.39, 0.29) is 0 Å². The van der Waals surface area contributed by atoms with E-state index in [1.54, 1.807) is 6.08 Å². The average molecular weight is 442 g/mol. The summed E-state index contributed by atoms with van der Waals surface area (Å²) in [7, 11) is 0. The predicted molar refractivity (Wildman–Crippen MR) is 119 cm³/mol. The molecule has 31 heavy (non-hydrogen) atoms. The summed E-state index contributed by atoms with van der Waals surface area (Å²) in [5.41, 5.74) is 0. The Morgan fingerprint density at radius 2 is 1.13 bits per heavy atom. The maximum Gasteiger partial charge on any atom is 0.362 e. The van der Waals surface area contributed by atoms with Crippen LogP contribution in [-0.4, -0.2) is 50.7 Å². The van der Waals surface area contributed by atoms with Crippen LogP contribution in [-0.2, 0) is 14.4 Å². The van der Waals surface area contributed by atoms with E-state index in [2.05, 4.69) is 6.92 Å². The van der Waals surface area contributed by atoms with Crippen LogP contribution in [0.25, 0.3) is 0 Å². The number of carbonyl (C=O) groups excluding carboxylic acids is 1. The van der Waals surface area contributed by atoms with E-state index in [1.807, 2.05) is 0 Å². The lowest BCUT2D eigenvalue weighted by Crippen LogP contribution is -2.68. The molecular weight excluding hydrogens is 398 g/mol. The number of unbranched alkanes of at least 4 members (excludes halogenated alkanes) is 11. The summed E-state index contributed by atoms with van der Waals surface area (Å²) < 4.78 is -0.717. The van der Waals surface area contributed by atoms with Gasteiger partial charge in [0.15, 0.2) is 12.1 Å². The van der Waals surface area contributed by atoms with Gasteiger partial charge in [0.2, 0.25) is 0 Å². The normalized spacial score (nSPS) is 16.5. The van der Waals surface area contributed by atoms with Gasteiger partial charge in [-0.15, -0.1) is 0 Å². The molecule has 0 saturated carbocycles. The van der Waals surface area contributed by atoms with Crippen LogP contribution in [0.5, 0.6) is 0 Å². The molecule has 3 unspecified atom stereocenters. The molecule has 0 aliphatic heterocycles. The summed E-state index contributed by atoms with van der Waals surface area (Å²) in [6.07, 6.45) is 17.2. The molecule has 0 bridgehead atoms. The number of hydrogen-bond donors (Lipinski definition) is 2. The van der Waals surface area contributed by atoms with Gasteiger partial charge >= 0.3 is 11.9 Å². The van der Waals surface area contributed by atoms with E-state index < -0.39 is 40.5 Å². The van der Waals surface area contributed by atoms with E-state index in [9.17, 15) is 29.7 Å². The summed E-state index contributed by atoms with van der Waals surface area (Å²) >= 11 is 0. The smallest absolute Gasteiger partial charge is 0.362 e. The number of carboxylic acid groups (broad SMARTS) is 3. The number of carboxylic acids is 3. The van der Waals surface area contributed by atoms with Gasteiger partial charge in [-0.1, -0.05) is 71.1 Å². The van der Waals surface area contributed by atoms with Crippen molar-refractivity contribution in [3.05, 3.63) is 12.3 Å². The van der Waals surface area contributed by atoms with Crippen molar-refractivity contribution < 1.29 is 34.2 Å². The molecule has 7 heteroatoms. The molecule has 0 aromatic heterocycles. The lowest BCUT2D eigenvalue weighted by atomic mass is 10.0. The highest BCUT2D eigenvalue weighted by molar-refractivity contribution is 5.77. The Balaban J connectivity index is 4.73. The molecule has 3 atom stereocenters. The second-order valence-corrected chi connectivity index (χ2v) is 8.63. The van der Waals surface area contributed by atoms with Gasteiger partial charge in [-0.05, 0) is 39.7 Å². The van der Waals surface area contributed by atoms with E-state index in [4.69, 9.17) is 0 Å². The third-order valence-corrected chi connectivity index (χ3v) is 6.41. The Morgan fingerprint density at radius 1 is 0.742 bits per heavy atom. The summed E-state index contributed by atoms with van der Waals surface area (Å²) in [6.45, 7) is 6.21. The fourth-order valence-corrected chi connectivity index (χ4v) is 4.14. The van der Waals surface area contributed by atoms with Crippen LogP contribution in [0.3, 0.4) is 0 Å². The van der Waals surface area contributed by atoms with Crippen LogP contribution < -0.4 is 5.11 Å². The van der Waals surface area contributed by atoms with E-state index >= 15 is 0 Å². The first-order chi connectivity index (χ1) is 14.6. The predicted octanol–water partition coefficient (Wildman–Crippen LogP) is 4.10. The zero-order valence-electron chi connectivity index (χ0n) is 19.8. The maximum absolute atomic E-state index is 11.7. The Labute approximate surface area is 187 Å². The molecule has 0 rings (SSSR count). The lowest BCUT2D eigenvalue weighted by molar-refractivity contribution is -0.923. The molecule has 0 aromatic carbocycles. The number of nitrogens with zero attached hydrogens (tertiary/aromatic N) is 1. The van der Waals surface area contributed by atoms with E-state index in [1.165, 1.54) is 78.3 Å². The van der Waals surface area contributed by atoms with Crippen molar-refractivity contribution in [1.29, 1.82) is 0 Å². The Hall–Kier alpha value is -1.89. The molecule has 0 amide bonds. The van der Waals surface area contributed by atoms with Crippen LogP contribution in [0.4, 0.5) is 0 Å². The fourth-order valence-electron chi connectivity index (χ4n) is 4.14. The highest BCUT2D eigenvalue weighted by Crippen LogP contribution is 2.27. The van der Waals surface area contributed by atoms with Gasteiger partial charge in [-0.2, -0.15) is 0 Å². The van der Waals surface area contributed by atoms with E-state index in [0.29, 0.717) is 6.42 Å². The second kappa shape index (κ2) is 15.8. The van der Waals surface area contributed by atoms with Gasteiger partial charge in [0, 0.05) is 0 Å². The summed E-state index contributed by atoms with van der Waals surface area (Å²) in [5, 5.41) is 30.6. The minimum atomic E-state index is -1.47. The minimum absolute atomic E-state index is 0.648. The van der Waals surface area contributed by atoms with Crippen molar-refractivity contribution in [1.82, 2.24) is 0 Å². The first-order valence-electron chi connectivity index (χ1n) is 11.8. The third kappa shape index (κ3) is 9.85. The van der Waals surface area contributed by atoms with Gasteiger partial charge in [-0.3, -0.25) is 4.48 Å². The van der Waals surface area contributed by atoms with Crippen molar-refractivity contribution in [3.63, 3.8) is 0 Å². The van der Waals surface area contributed by atoms with Gasteiger partial charge in [0.05, 0.1) is 12.2 Å². The molecule has 7 nitrogen and oxygen atoms in total. The number of aliphatic carboxylic acids is 3. The molecule has 0 saturated heterocycles. The van der Waals surface area contributed by atoms with Crippen LogP contribution >= 0.6 is 0 Å². The SMILES string of the molecule is CCCCCCCCCCCCC/C=C/[N+](C(C)C(=O)[O-])(C(C)C(=O)O)C(C)C(=O)O. The molecule has 0 fully saturated rings. The minimum Gasteiger partial charge on any atom is -0.544 e. The number of quaternary nitrogens is 1. The average Bonchev–Trinajstić information content (AvgIpc) is 2.72. The Morgan fingerprint density at radius 3 is 1.48 bits per heavy atom. The van der Waals surface area contributed by atoms with Crippen molar-refractivity contribution >= 4 is 17.9 Å². The van der Waals surface area contributed by atoms with Crippen molar-refractivity contribution in [2.24, 2.45) is 0 Å². The molecule has 0 aromatic rings. The second-order valence-electron chi connectivity index (χ2n) is 8.63. The van der Waals surface area contributed by atoms with Crippen LogP contribution in [0, 0.1) is 0 Å². The van der Waals surface area contributed by atoms with Crippen molar-refractivity contribution in [3.8, 4) is 0 Å². The molecule has 0 spiro atoms. The molecule has 0 heterocycles. The zero-order chi connectivity index (χ0) is 23.9. The van der Waals surface area contributed by atoms with Crippen molar-refractivity contribution in [2.75, 3.05) is 0 Å². The first kappa shape index (κ1) is 29.1. The highest BCUT2D eigenvalue weighted by atomic mass is 16.4. The third-order valence-electron chi connectivity index (χ3n) is 6.41. The summed E-state index contributed by atoms with van der Waals surface area (Å²) in [4.78, 5) is 34.9. The monoisotopic (exact) mass is 441 g/mol. The molecule has 0 radical (unpaired) electrons. The van der Waals surface area contributed by atoms with Gasteiger partial charge < -0.3 is 20.1 Å². The molecular formula is C24H43NO6. The molecule has 0 aliphatic rings. The summed E-state index contributed by atoms with van der Waals surface area (Å²) in [5.74, 6) is -3.97. The van der Waals surface area contributed by atoms with E-state index in [0.717, 1.165) is 19.3 Å². The molecule has 2 N–H and O–H groups in total. The number of allylic oxidation sites excluding steroid dienone is 1. The lowest BCUT2D eigenvalue weighted by Gasteiger charge is -2.46. The molecule has 180 valence electrons. The Kier molecular flexibility index (Phi) is 14.9. The first-order valence-corrected chi connectivity index (χ1v) is 11.8. The number of carbonyl (C=O) groups is 3. The topological polar surface area (TPSA) is 115 Å². The van der Waals surface area contributed by atoms with Crippen LogP contribution in [0.2, 0.25) is 0 Å². The number of rotatable bonds is 19. The van der Waals surface area contributed by atoms with Crippen LogP contribution in [0.15, 0.2) is 12.3 Å². The van der Waals surface area contributed by atoms with Gasteiger partial charge in [-0.25, -0.2) is 9.59 Å². The van der Waals surface area contributed by atoms with Crippen molar-refractivity contribution in [2.45, 2.75) is 123 Å². The van der Waals surface area contributed by atoms with Gasteiger partial charge in [0.1, 0.15) is 6.04 Å². The summed E-state index contributed by atoms with van der Waals surface area (Å²) in [6, 6.07) is -3.80. The quantitative estimate of drug-likeness (QED) is 0.230. The molecule has 0 aliphatic carbocycles. The largest absolute Gasteiger partial charge is 0.544 e. The number of hydrogen-bond acceptors (Lipinski definition) is 4. The van der Waals surface area contributed by atoms with Gasteiger partial charge in [0.25, 0.3) is 0 Å². The highest BCUT2D eigenvalue weighted by Gasteiger charge is 2.49. The standard InChI is InChI=1S/C24H43NO6/c1-5-6-7-8-9-10-11-12-13-14-15-16-17-18-25(19(2)22(26)27,20(3)23(28)29)21(4)24(30)31/h17-21H,5-16H2,1-4H3,(H2-,26,27,28,29,30,31)/b18-17+. The van der Waals surface area contributed by atoms with Crippen LogP contribution in [0.1, 0.15) is 105 Å². The Bertz CT molecular complexity index is 524. The maximum atomic E-state index is 11.7. The fraction of sp³-hybridized carbons (Fsp3) is 0.792.